The number of ketones is 1. The Hall–Kier alpha value is -4.24. The zero-order valence-electron chi connectivity index (χ0n) is 21.7. The first-order chi connectivity index (χ1) is 18.3. The molecule has 1 aliphatic heterocycles. The lowest BCUT2D eigenvalue weighted by Gasteiger charge is -2.26. The summed E-state index contributed by atoms with van der Waals surface area (Å²) >= 11 is 0. The topological polar surface area (TPSA) is 113 Å². The number of hydrogen-bond acceptors (Lipinski definition) is 7. The van der Waals surface area contributed by atoms with Gasteiger partial charge in [-0.3, -0.25) is 19.7 Å². The van der Waals surface area contributed by atoms with E-state index >= 15 is 0 Å². The molecule has 0 aromatic heterocycles. The number of Topliss-reactive ketones (excluding diaryl/α,β-unsaturated/α-hetero) is 1. The van der Waals surface area contributed by atoms with Crippen LogP contribution in [-0.2, 0) is 9.59 Å². The van der Waals surface area contributed by atoms with Crippen molar-refractivity contribution in [2.45, 2.75) is 26.3 Å². The Balaban J connectivity index is 1.77. The minimum atomic E-state index is -0.862. The molecule has 1 amide bonds. The first-order valence-corrected chi connectivity index (χ1v) is 12.6. The average molecular weight is 518 g/mol. The number of methoxy groups -OCH3 is 1. The van der Waals surface area contributed by atoms with Crippen molar-refractivity contribution in [2.24, 2.45) is 0 Å². The monoisotopic (exact) mass is 517 g/mol. The van der Waals surface area contributed by atoms with E-state index in [1.807, 2.05) is 18.2 Å². The van der Waals surface area contributed by atoms with Crippen molar-refractivity contribution in [1.82, 2.24) is 9.80 Å². The molecule has 4 rings (SSSR count). The molecule has 1 heterocycles. The van der Waals surface area contributed by atoms with Crippen LogP contribution in [-0.4, -0.2) is 64.8 Å². The van der Waals surface area contributed by atoms with E-state index in [1.165, 1.54) is 29.2 Å². The fourth-order valence-corrected chi connectivity index (χ4v) is 4.89. The van der Waals surface area contributed by atoms with Crippen molar-refractivity contribution in [3.63, 3.8) is 0 Å². The SMILES string of the molecule is CCN(CC)CCCN1C(=O)C(=O)/C(=C(/O)c2ccc3cc(OC)ccc3c2)C1c1ccc([N+](=O)[O-])cc1. The molecule has 1 unspecified atom stereocenters. The lowest BCUT2D eigenvalue weighted by atomic mass is 9.94. The number of non-ortho nitro benzene ring substituents is 1. The number of hydrogen-bond donors (Lipinski definition) is 1. The number of nitro benzene ring substituents is 1. The van der Waals surface area contributed by atoms with Crippen molar-refractivity contribution in [1.29, 1.82) is 0 Å². The van der Waals surface area contributed by atoms with E-state index < -0.39 is 22.7 Å². The minimum Gasteiger partial charge on any atom is -0.507 e. The lowest BCUT2D eigenvalue weighted by Crippen LogP contribution is -2.33. The summed E-state index contributed by atoms with van der Waals surface area (Å²) in [4.78, 5) is 40.9. The van der Waals surface area contributed by atoms with Gasteiger partial charge in [-0.05, 0) is 72.7 Å². The summed E-state index contributed by atoms with van der Waals surface area (Å²) in [6.45, 7) is 6.91. The van der Waals surface area contributed by atoms with Crippen molar-refractivity contribution in [3.05, 3.63) is 87.5 Å². The molecule has 3 aromatic carbocycles. The zero-order chi connectivity index (χ0) is 27.4. The number of fused-ring (bicyclic) bond motifs is 1. The minimum absolute atomic E-state index is 0.0282. The number of likely N-dealkylation sites (tertiary alicyclic amines) is 1. The highest BCUT2D eigenvalue weighted by Gasteiger charge is 2.45. The molecule has 0 aliphatic carbocycles. The second kappa shape index (κ2) is 11.4. The highest BCUT2D eigenvalue weighted by molar-refractivity contribution is 6.46. The molecule has 0 radical (unpaired) electrons. The second-order valence-electron chi connectivity index (χ2n) is 9.15. The fraction of sp³-hybridized carbons (Fsp3) is 0.310. The van der Waals surface area contributed by atoms with Gasteiger partial charge in [0.05, 0.1) is 23.6 Å². The van der Waals surface area contributed by atoms with Gasteiger partial charge in [-0.1, -0.05) is 32.0 Å². The van der Waals surface area contributed by atoms with E-state index in [1.54, 1.807) is 25.3 Å². The lowest BCUT2D eigenvalue weighted by molar-refractivity contribution is -0.384. The van der Waals surface area contributed by atoms with Crippen LogP contribution in [0.1, 0.15) is 37.4 Å². The Morgan fingerprint density at radius 3 is 2.32 bits per heavy atom. The van der Waals surface area contributed by atoms with Crippen LogP contribution in [0, 0.1) is 10.1 Å². The first kappa shape index (κ1) is 26.8. The highest BCUT2D eigenvalue weighted by atomic mass is 16.6. The van der Waals surface area contributed by atoms with Gasteiger partial charge in [-0.2, -0.15) is 0 Å². The average Bonchev–Trinajstić information content (AvgIpc) is 3.19. The fourth-order valence-electron chi connectivity index (χ4n) is 4.89. The number of amides is 1. The molecule has 0 bridgehead atoms. The van der Waals surface area contributed by atoms with Gasteiger partial charge in [-0.25, -0.2) is 0 Å². The summed E-state index contributed by atoms with van der Waals surface area (Å²) < 4.78 is 5.27. The smallest absolute Gasteiger partial charge is 0.295 e. The van der Waals surface area contributed by atoms with Crippen LogP contribution in [0.25, 0.3) is 16.5 Å². The molecule has 9 nitrogen and oxygen atoms in total. The van der Waals surface area contributed by atoms with Gasteiger partial charge < -0.3 is 19.6 Å². The summed E-state index contributed by atoms with van der Waals surface area (Å²) in [5.74, 6) is -1.05. The van der Waals surface area contributed by atoms with Gasteiger partial charge in [0, 0.05) is 24.2 Å². The third kappa shape index (κ3) is 5.24. The Morgan fingerprint density at radius 2 is 1.68 bits per heavy atom. The van der Waals surface area contributed by atoms with E-state index in [0.717, 1.165) is 30.4 Å². The molecule has 0 spiro atoms. The summed E-state index contributed by atoms with van der Waals surface area (Å²) in [6, 6.07) is 15.7. The number of rotatable bonds is 10. The second-order valence-corrected chi connectivity index (χ2v) is 9.15. The van der Waals surface area contributed by atoms with Gasteiger partial charge >= 0.3 is 0 Å². The number of ether oxygens (including phenoxy) is 1. The molecule has 9 heteroatoms. The van der Waals surface area contributed by atoms with E-state index in [2.05, 4.69) is 18.7 Å². The number of nitrogens with zero attached hydrogens (tertiary/aromatic N) is 3. The van der Waals surface area contributed by atoms with Crippen molar-refractivity contribution in [3.8, 4) is 5.75 Å². The van der Waals surface area contributed by atoms with Crippen LogP contribution in [0.4, 0.5) is 5.69 Å². The molecule has 198 valence electrons. The summed E-state index contributed by atoms with van der Waals surface area (Å²) in [5.41, 5.74) is 0.789. The molecule has 3 aromatic rings. The van der Waals surface area contributed by atoms with Crippen molar-refractivity contribution >= 4 is 33.9 Å². The van der Waals surface area contributed by atoms with E-state index in [9.17, 15) is 24.8 Å². The van der Waals surface area contributed by atoms with Crippen molar-refractivity contribution < 1.29 is 24.4 Å². The third-order valence-corrected chi connectivity index (χ3v) is 7.05. The predicted molar refractivity (Wildman–Crippen MR) is 145 cm³/mol. The number of carbonyl (C=O) groups excluding carboxylic acids is 2. The third-order valence-electron chi connectivity index (χ3n) is 7.05. The number of benzene rings is 3. The Labute approximate surface area is 221 Å². The van der Waals surface area contributed by atoms with E-state index in [4.69, 9.17) is 4.74 Å². The molecular formula is C29H31N3O6. The maximum atomic E-state index is 13.3. The van der Waals surface area contributed by atoms with Gasteiger partial charge in [0.25, 0.3) is 17.4 Å². The standard InChI is InChI=1S/C29H31N3O6/c1-4-30(5-2)15-6-16-31-26(19-9-12-23(13-10-19)32(36)37)25(28(34)29(31)35)27(33)22-8-7-21-18-24(38-3)14-11-20(21)17-22/h7-14,17-18,26,33H,4-6,15-16H2,1-3H3/b27-25+. The number of nitro groups is 1. The van der Waals surface area contributed by atoms with Gasteiger partial charge in [0.15, 0.2) is 0 Å². The van der Waals surface area contributed by atoms with Crippen LogP contribution < -0.4 is 4.74 Å². The maximum Gasteiger partial charge on any atom is 0.295 e. The summed E-state index contributed by atoms with van der Waals surface area (Å²) in [7, 11) is 1.58. The molecule has 1 aliphatic rings. The number of aliphatic hydroxyl groups excluding tert-OH is 1. The van der Waals surface area contributed by atoms with Crippen LogP contribution in [0.15, 0.2) is 66.2 Å². The van der Waals surface area contributed by atoms with Gasteiger partial charge in [0.1, 0.15) is 11.5 Å². The Kier molecular flexibility index (Phi) is 8.07. The van der Waals surface area contributed by atoms with Crippen LogP contribution in [0.2, 0.25) is 0 Å². The van der Waals surface area contributed by atoms with Crippen molar-refractivity contribution in [2.75, 3.05) is 33.3 Å². The maximum absolute atomic E-state index is 13.3. The number of aliphatic hydroxyl groups is 1. The molecule has 38 heavy (non-hydrogen) atoms. The molecule has 1 N–H and O–H groups in total. The van der Waals surface area contributed by atoms with Gasteiger partial charge in [0.2, 0.25) is 0 Å². The molecule has 1 saturated heterocycles. The first-order valence-electron chi connectivity index (χ1n) is 12.6. The predicted octanol–water partition coefficient (Wildman–Crippen LogP) is 4.91. The summed E-state index contributed by atoms with van der Waals surface area (Å²) in [6.07, 6.45) is 0.635. The highest BCUT2D eigenvalue weighted by Crippen LogP contribution is 2.40. The molecule has 1 atom stereocenters. The van der Waals surface area contributed by atoms with Gasteiger partial charge in [-0.15, -0.1) is 0 Å². The largest absolute Gasteiger partial charge is 0.507 e. The number of carbonyl (C=O) groups is 2. The summed E-state index contributed by atoms with van der Waals surface area (Å²) in [5, 5.41) is 24.3. The zero-order valence-corrected chi connectivity index (χ0v) is 21.7. The van der Waals surface area contributed by atoms with Crippen LogP contribution in [0.5, 0.6) is 5.75 Å². The Bertz CT molecular complexity index is 1400. The van der Waals surface area contributed by atoms with E-state index in [0.29, 0.717) is 29.8 Å². The molecular weight excluding hydrogens is 486 g/mol. The molecule has 0 saturated carbocycles. The quantitative estimate of drug-likeness (QED) is 0.134. The van der Waals surface area contributed by atoms with Crippen LogP contribution in [0.3, 0.4) is 0 Å². The van der Waals surface area contributed by atoms with E-state index in [-0.39, 0.29) is 17.0 Å². The van der Waals surface area contributed by atoms with Crippen LogP contribution >= 0.6 is 0 Å². The normalized spacial score (nSPS) is 16.9. The molecule has 1 fully saturated rings. The Morgan fingerprint density at radius 1 is 1.03 bits per heavy atom.